The second-order valence-corrected chi connectivity index (χ2v) is 7.22. The zero-order valence-corrected chi connectivity index (χ0v) is 16.5. The maximum atomic E-state index is 11.9. The van der Waals surface area contributed by atoms with E-state index in [9.17, 15) is 4.79 Å². The van der Waals surface area contributed by atoms with Gasteiger partial charge in [0, 0.05) is 12.1 Å². The average Bonchev–Trinajstić information content (AvgIpc) is 2.65. The summed E-state index contributed by atoms with van der Waals surface area (Å²) in [6.07, 6.45) is 0.915. The minimum atomic E-state index is 0.0383. The molecule has 0 saturated heterocycles. The zero-order valence-electron chi connectivity index (χ0n) is 15.7. The second-order valence-electron chi connectivity index (χ2n) is 6.11. The first kappa shape index (κ1) is 20.2. The van der Waals surface area contributed by atoms with E-state index >= 15 is 0 Å². The third kappa shape index (κ3) is 6.64. The van der Waals surface area contributed by atoms with Crippen molar-refractivity contribution in [2.45, 2.75) is 26.8 Å². The van der Waals surface area contributed by atoms with Crippen LogP contribution in [0, 0.1) is 13.8 Å². The van der Waals surface area contributed by atoms with Crippen molar-refractivity contribution in [3.05, 3.63) is 59.2 Å². The molecular formula is C21H27NO3S. The summed E-state index contributed by atoms with van der Waals surface area (Å²) in [4.78, 5) is 11.9. The number of ether oxygens (including phenoxy) is 2. The van der Waals surface area contributed by atoms with E-state index in [1.54, 1.807) is 18.9 Å². The molecule has 0 aromatic heterocycles. The predicted molar refractivity (Wildman–Crippen MR) is 108 cm³/mol. The standard InChI is InChI=1S/C21H27NO3S/c1-16-9-10-17(2)20(13-16)25-11-6-12-26-15-21(23)22-14-18-7-4-5-8-19(18)24-3/h4-5,7-10,13H,6,11-12,14-15H2,1-3H3,(H,22,23). The molecule has 2 rings (SSSR count). The number of carbonyl (C=O) groups is 1. The van der Waals surface area contributed by atoms with E-state index in [0.717, 1.165) is 34.8 Å². The monoisotopic (exact) mass is 373 g/mol. The average molecular weight is 374 g/mol. The molecule has 0 radical (unpaired) electrons. The van der Waals surface area contributed by atoms with Gasteiger partial charge in [0.05, 0.1) is 19.5 Å². The van der Waals surface area contributed by atoms with Gasteiger partial charge in [-0.25, -0.2) is 0 Å². The Morgan fingerprint density at radius 2 is 1.92 bits per heavy atom. The summed E-state index contributed by atoms with van der Waals surface area (Å²) in [6.45, 7) is 5.26. The first-order valence-corrected chi connectivity index (χ1v) is 9.92. The molecule has 0 aliphatic heterocycles. The Kier molecular flexibility index (Phi) is 8.35. The van der Waals surface area contributed by atoms with Gasteiger partial charge in [0.2, 0.25) is 5.91 Å². The molecule has 2 aromatic rings. The molecule has 0 saturated carbocycles. The first-order valence-electron chi connectivity index (χ1n) is 8.76. The van der Waals surface area contributed by atoms with Crippen LogP contribution in [0.1, 0.15) is 23.1 Å². The number of benzene rings is 2. The number of carbonyl (C=O) groups excluding carboxylic acids is 1. The van der Waals surface area contributed by atoms with Crippen LogP contribution in [0.15, 0.2) is 42.5 Å². The Morgan fingerprint density at radius 1 is 1.12 bits per heavy atom. The van der Waals surface area contributed by atoms with Gasteiger partial charge in [0.25, 0.3) is 0 Å². The lowest BCUT2D eigenvalue weighted by atomic mass is 10.1. The van der Waals surface area contributed by atoms with E-state index in [4.69, 9.17) is 9.47 Å². The molecule has 0 bridgehead atoms. The maximum absolute atomic E-state index is 11.9. The number of hydrogen-bond acceptors (Lipinski definition) is 4. The Balaban J connectivity index is 1.59. The fourth-order valence-corrected chi connectivity index (χ4v) is 3.22. The molecule has 0 unspecified atom stereocenters. The maximum Gasteiger partial charge on any atom is 0.230 e. The highest BCUT2D eigenvalue weighted by atomic mass is 32.2. The fourth-order valence-electron chi connectivity index (χ4n) is 2.46. The highest BCUT2D eigenvalue weighted by Gasteiger charge is 2.05. The van der Waals surface area contributed by atoms with Gasteiger partial charge in [0.1, 0.15) is 11.5 Å². The van der Waals surface area contributed by atoms with Crippen LogP contribution in [-0.4, -0.2) is 31.1 Å². The van der Waals surface area contributed by atoms with E-state index in [-0.39, 0.29) is 5.91 Å². The number of rotatable bonds is 10. The third-order valence-electron chi connectivity index (χ3n) is 3.94. The Morgan fingerprint density at radius 3 is 2.73 bits per heavy atom. The van der Waals surface area contributed by atoms with Gasteiger partial charge >= 0.3 is 0 Å². The number of aryl methyl sites for hydroxylation is 2. The first-order chi connectivity index (χ1) is 12.6. The van der Waals surface area contributed by atoms with Gasteiger partial charge in [-0.1, -0.05) is 30.3 Å². The summed E-state index contributed by atoms with van der Waals surface area (Å²) in [7, 11) is 1.64. The number of hydrogen-bond donors (Lipinski definition) is 1. The quantitative estimate of drug-likeness (QED) is 0.636. The minimum absolute atomic E-state index is 0.0383. The molecule has 0 heterocycles. The summed E-state index contributed by atoms with van der Waals surface area (Å²) >= 11 is 1.63. The molecule has 1 N–H and O–H groups in total. The van der Waals surface area contributed by atoms with E-state index in [2.05, 4.69) is 37.4 Å². The van der Waals surface area contributed by atoms with Gasteiger partial charge in [-0.05, 0) is 49.3 Å². The van der Waals surface area contributed by atoms with Crippen molar-refractivity contribution in [1.82, 2.24) is 5.32 Å². The smallest absolute Gasteiger partial charge is 0.230 e. The number of methoxy groups -OCH3 is 1. The van der Waals surface area contributed by atoms with Crippen LogP contribution in [0.5, 0.6) is 11.5 Å². The normalized spacial score (nSPS) is 10.4. The molecule has 26 heavy (non-hydrogen) atoms. The Hall–Kier alpha value is -2.14. The minimum Gasteiger partial charge on any atom is -0.496 e. The lowest BCUT2D eigenvalue weighted by Crippen LogP contribution is -2.25. The van der Waals surface area contributed by atoms with Gasteiger partial charge in [-0.2, -0.15) is 11.8 Å². The van der Waals surface area contributed by atoms with Gasteiger partial charge in [-0.15, -0.1) is 0 Å². The molecule has 0 atom stereocenters. The van der Waals surface area contributed by atoms with Crippen molar-refractivity contribution in [2.75, 3.05) is 25.2 Å². The molecule has 5 heteroatoms. The van der Waals surface area contributed by atoms with Gasteiger partial charge < -0.3 is 14.8 Å². The second kappa shape index (κ2) is 10.8. The van der Waals surface area contributed by atoms with Crippen molar-refractivity contribution in [3.63, 3.8) is 0 Å². The van der Waals surface area contributed by atoms with Crippen LogP contribution in [0.3, 0.4) is 0 Å². The molecule has 0 aliphatic carbocycles. The molecule has 2 aromatic carbocycles. The van der Waals surface area contributed by atoms with Crippen LogP contribution in [0.25, 0.3) is 0 Å². The van der Waals surface area contributed by atoms with Crippen LogP contribution in [0.2, 0.25) is 0 Å². The van der Waals surface area contributed by atoms with E-state index in [1.165, 1.54) is 5.56 Å². The van der Waals surface area contributed by atoms with Crippen LogP contribution >= 0.6 is 11.8 Å². The lowest BCUT2D eigenvalue weighted by Gasteiger charge is -2.10. The lowest BCUT2D eigenvalue weighted by molar-refractivity contribution is -0.118. The number of nitrogens with one attached hydrogen (secondary N) is 1. The van der Waals surface area contributed by atoms with Crippen LogP contribution in [-0.2, 0) is 11.3 Å². The van der Waals surface area contributed by atoms with Gasteiger partial charge in [0.15, 0.2) is 0 Å². The van der Waals surface area contributed by atoms with Crippen LogP contribution < -0.4 is 14.8 Å². The molecule has 0 fully saturated rings. The fraction of sp³-hybridized carbons (Fsp3) is 0.381. The van der Waals surface area contributed by atoms with Crippen molar-refractivity contribution in [2.24, 2.45) is 0 Å². The van der Waals surface area contributed by atoms with Crippen molar-refractivity contribution >= 4 is 17.7 Å². The Bertz CT molecular complexity index is 718. The van der Waals surface area contributed by atoms with Crippen LogP contribution in [0.4, 0.5) is 0 Å². The molecule has 0 aliphatic rings. The Labute approximate surface area is 160 Å². The van der Waals surface area contributed by atoms with Crippen molar-refractivity contribution < 1.29 is 14.3 Å². The molecule has 140 valence electrons. The third-order valence-corrected chi connectivity index (χ3v) is 4.98. The highest BCUT2D eigenvalue weighted by Crippen LogP contribution is 2.19. The number of para-hydroxylation sites is 1. The number of thioether (sulfide) groups is 1. The zero-order chi connectivity index (χ0) is 18.8. The summed E-state index contributed by atoms with van der Waals surface area (Å²) in [5, 5.41) is 2.93. The molecular weight excluding hydrogens is 346 g/mol. The predicted octanol–water partition coefficient (Wildman–Crippen LogP) is 4.13. The molecule has 0 spiro atoms. The van der Waals surface area contributed by atoms with E-state index in [0.29, 0.717) is 18.9 Å². The number of amides is 1. The largest absolute Gasteiger partial charge is 0.496 e. The SMILES string of the molecule is COc1ccccc1CNC(=O)CSCCCOc1cc(C)ccc1C. The highest BCUT2D eigenvalue weighted by molar-refractivity contribution is 7.99. The van der Waals surface area contributed by atoms with E-state index in [1.807, 2.05) is 24.3 Å². The van der Waals surface area contributed by atoms with Gasteiger partial charge in [-0.3, -0.25) is 4.79 Å². The van der Waals surface area contributed by atoms with Crippen molar-refractivity contribution in [3.8, 4) is 11.5 Å². The molecule has 4 nitrogen and oxygen atoms in total. The summed E-state index contributed by atoms with van der Waals surface area (Å²) in [6, 6.07) is 13.9. The summed E-state index contributed by atoms with van der Waals surface area (Å²) < 4.78 is 11.1. The topological polar surface area (TPSA) is 47.6 Å². The van der Waals surface area contributed by atoms with E-state index < -0.39 is 0 Å². The molecule has 1 amide bonds. The summed E-state index contributed by atoms with van der Waals surface area (Å²) in [5.74, 6) is 3.14. The van der Waals surface area contributed by atoms with Crippen molar-refractivity contribution in [1.29, 1.82) is 0 Å². The summed E-state index contributed by atoms with van der Waals surface area (Å²) in [5.41, 5.74) is 3.33.